The van der Waals surface area contributed by atoms with E-state index in [4.69, 9.17) is 9.47 Å². The van der Waals surface area contributed by atoms with E-state index in [1.165, 1.54) is 50.6 Å². The molecule has 2 aromatic carbocycles. The molecule has 2 aromatic rings. The first kappa shape index (κ1) is 17.2. The van der Waals surface area contributed by atoms with E-state index in [-0.39, 0.29) is 11.3 Å². The molecule has 0 radical (unpaired) electrons. The minimum absolute atomic E-state index is 0.0896. The third-order valence-corrected chi connectivity index (χ3v) is 3.06. The maximum atomic E-state index is 13.2. The molecule has 0 unspecified atom stereocenters. The monoisotopic (exact) mass is 330 g/mol. The van der Waals surface area contributed by atoms with Gasteiger partial charge in [0.25, 0.3) is 0 Å². The lowest BCUT2D eigenvalue weighted by molar-refractivity contribution is -0.134. The molecule has 124 valence electrons. The zero-order chi connectivity index (χ0) is 17.5. The lowest BCUT2D eigenvalue weighted by Gasteiger charge is -2.10. The van der Waals surface area contributed by atoms with Crippen LogP contribution in [0.1, 0.15) is 15.9 Å². The predicted octanol–water partition coefficient (Wildman–Crippen LogP) is 3.24. The highest BCUT2D eigenvalue weighted by Gasteiger charge is 2.13. The van der Waals surface area contributed by atoms with E-state index in [1.807, 2.05) is 0 Å². The molecule has 0 heterocycles. The first-order valence-corrected chi connectivity index (χ1v) is 6.95. The molecule has 0 saturated carbocycles. The number of benzene rings is 2. The van der Waals surface area contributed by atoms with Gasteiger partial charge in [-0.2, -0.15) is 0 Å². The van der Waals surface area contributed by atoms with Crippen molar-refractivity contribution in [1.82, 2.24) is 0 Å². The van der Waals surface area contributed by atoms with Crippen LogP contribution in [0, 0.1) is 5.82 Å². The Morgan fingerprint density at radius 2 is 1.83 bits per heavy atom. The van der Waals surface area contributed by atoms with Crippen LogP contribution in [0.15, 0.2) is 48.5 Å². The van der Waals surface area contributed by atoms with E-state index < -0.39 is 17.8 Å². The third-order valence-electron chi connectivity index (χ3n) is 3.06. The summed E-state index contributed by atoms with van der Waals surface area (Å²) in [5, 5.41) is 0. The highest BCUT2D eigenvalue weighted by molar-refractivity contribution is 5.91. The van der Waals surface area contributed by atoms with Crippen LogP contribution in [0.3, 0.4) is 0 Å². The molecule has 0 atom stereocenters. The van der Waals surface area contributed by atoms with Crippen molar-refractivity contribution in [3.8, 4) is 11.5 Å². The second-order valence-electron chi connectivity index (χ2n) is 4.67. The zero-order valence-electron chi connectivity index (χ0n) is 13.1. The SMILES string of the molecule is COC(=O)/C=C/c1ccc(OC(=O)c2cccc(F)c2)c(OC)c1. The van der Waals surface area contributed by atoms with Crippen molar-refractivity contribution in [2.24, 2.45) is 0 Å². The van der Waals surface area contributed by atoms with Gasteiger partial charge in [-0.25, -0.2) is 14.0 Å². The summed E-state index contributed by atoms with van der Waals surface area (Å²) in [6, 6.07) is 9.94. The van der Waals surface area contributed by atoms with Crippen LogP contribution in [0.25, 0.3) is 6.08 Å². The van der Waals surface area contributed by atoms with Crippen molar-refractivity contribution in [3.05, 3.63) is 65.5 Å². The topological polar surface area (TPSA) is 61.8 Å². The number of ether oxygens (including phenoxy) is 3. The number of hydrogen-bond acceptors (Lipinski definition) is 5. The fraction of sp³-hybridized carbons (Fsp3) is 0.111. The van der Waals surface area contributed by atoms with Gasteiger partial charge in [-0.05, 0) is 42.0 Å². The maximum absolute atomic E-state index is 13.2. The minimum atomic E-state index is -0.703. The number of hydrogen-bond donors (Lipinski definition) is 0. The van der Waals surface area contributed by atoms with Gasteiger partial charge in [-0.3, -0.25) is 0 Å². The van der Waals surface area contributed by atoms with Crippen LogP contribution in [0.4, 0.5) is 4.39 Å². The lowest BCUT2D eigenvalue weighted by atomic mass is 10.2. The second-order valence-corrected chi connectivity index (χ2v) is 4.67. The van der Waals surface area contributed by atoms with Crippen LogP contribution in [0.2, 0.25) is 0 Å². The highest BCUT2D eigenvalue weighted by Crippen LogP contribution is 2.29. The normalized spacial score (nSPS) is 10.5. The molecule has 6 heteroatoms. The Morgan fingerprint density at radius 1 is 1.04 bits per heavy atom. The van der Waals surface area contributed by atoms with Crippen LogP contribution in [-0.2, 0) is 9.53 Å². The molecule has 0 amide bonds. The van der Waals surface area contributed by atoms with Crippen molar-refractivity contribution >= 4 is 18.0 Å². The molecule has 0 aliphatic carbocycles. The van der Waals surface area contributed by atoms with Gasteiger partial charge in [0.1, 0.15) is 5.82 Å². The van der Waals surface area contributed by atoms with Crippen molar-refractivity contribution in [2.75, 3.05) is 14.2 Å². The Balaban J connectivity index is 2.20. The van der Waals surface area contributed by atoms with Gasteiger partial charge in [0, 0.05) is 6.08 Å². The Hall–Kier alpha value is -3.15. The third kappa shape index (κ3) is 4.42. The summed E-state index contributed by atoms with van der Waals surface area (Å²) in [6.07, 6.45) is 2.79. The van der Waals surface area contributed by atoms with E-state index in [0.717, 1.165) is 6.07 Å². The number of esters is 2. The summed E-state index contributed by atoms with van der Waals surface area (Å²) in [7, 11) is 2.70. The van der Waals surface area contributed by atoms with Gasteiger partial charge in [-0.1, -0.05) is 12.1 Å². The summed E-state index contributed by atoms with van der Waals surface area (Å²) in [6.45, 7) is 0. The molecule has 0 saturated heterocycles. The van der Waals surface area contributed by atoms with Crippen LogP contribution in [-0.4, -0.2) is 26.2 Å². The molecule has 0 bridgehead atoms. The molecule has 24 heavy (non-hydrogen) atoms. The molecule has 0 aliphatic heterocycles. The van der Waals surface area contributed by atoms with Gasteiger partial charge in [-0.15, -0.1) is 0 Å². The van der Waals surface area contributed by atoms with Gasteiger partial charge in [0.15, 0.2) is 11.5 Å². The quantitative estimate of drug-likeness (QED) is 0.478. The molecule has 0 aliphatic rings. The first-order chi connectivity index (χ1) is 11.5. The average molecular weight is 330 g/mol. The first-order valence-electron chi connectivity index (χ1n) is 6.95. The van der Waals surface area contributed by atoms with Gasteiger partial charge in [0.2, 0.25) is 0 Å². The summed E-state index contributed by atoms with van der Waals surface area (Å²) < 4.78 is 28.1. The maximum Gasteiger partial charge on any atom is 0.343 e. The molecule has 5 nitrogen and oxygen atoms in total. The zero-order valence-corrected chi connectivity index (χ0v) is 13.1. The summed E-state index contributed by atoms with van der Waals surface area (Å²) >= 11 is 0. The van der Waals surface area contributed by atoms with E-state index in [2.05, 4.69) is 4.74 Å². The number of halogens is 1. The van der Waals surface area contributed by atoms with Crippen LogP contribution in [0.5, 0.6) is 11.5 Å². The molecule has 0 fully saturated rings. The van der Waals surface area contributed by atoms with E-state index in [1.54, 1.807) is 12.1 Å². The van der Waals surface area contributed by atoms with E-state index in [9.17, 15) is 14.0 Å². The minimum Gasteiger partial charge on any atom is -0.493 e. The molecule has 0 N–H and O–H groups in total. The fourth-order valence-corrected chi connectivity index (χ4v) is 1.88. The molecule has 0 spiro atoms. The van der Waals surface area contributed by atoms with Crippen molar-refractivity contribution in [2.45, 2.75) is 0 Å². The summed E-state index contributed by atoms with van der Waals surface area (Å²) in [4.78, 5) is 23.1. The smallest absolute Gasteiger partial charge is 0.343 e. The number of rotatable bonds is 5. The summed E-state index contributed by atoms with van der Waals surface area (Å²) in [5.41, 5.74) is 0.745. The highest BCUT2D eigenvalue weighted by atomic mass is 19.1. The number of methoxy groups -OCH3 is 2. The Morgan fingerprint density at radius 3 is 2.50 bits per heavy atom. The fourth-order valence-electron chi connectivity index (χ4n) is 1.88. The largest absolute Gasteiger partial charge is 0.493 e. The number of carbonyl (C=O) groups excluding carboxylic acids is 2. The molecule has 0 aromatic heterocycles. The number of carbonyl (C=O) groups is 2. The Bertz CT molecular complexity index is 783. The van der Waals surface area contributed by atoms with Crippen LogP contribution < -0.4 is 9.47 Å². The van der Waals surface area contributed by atoms with Crippen molar-refractivity contribution < 1.29 is 28.2 Å². The standard InChI is InChI=1S/C18H15FO5/c1-22-16-10-12(7-9-17(20)23-2)6-8-15(16)24-18(21)13-4-3-5-14(19)11-13/h3-11H,1-2H3/b9-7+. The molecular weight excluding hydrogens is 315 g/mol. The van der Waals surface area contributed by atoms with Gasteiger partial charge >= 0.3 is 11.9 Å². The Kier molecular flexibility index (Phi) is 5.68. The Labute approximate surface area is 138 Å². The second kappa shape index (κ2) is 7.92. The summed E-state index contributed by atoms with van der Waals surface area (Å²) in [5.74, 6) is -1.24. The van der Waals surface area contributed by atoms with Crippen LogP contribution >= 0.6 is 0 Å². The van der Waals surface area contributed by atoms with Crippen molar-refractivity contribution in [3.63, 3.8) is 0 Å². The lowest BCUT2D eigenvalue weighted by Crippen LogP contribution is -2.09. The van der Waals surface area contributed by atoms with Crippen molar-refractivity contribution in [1.29, 1.82) is 0 Å². The van der Waals surface area contributed by atoms with E-state index >= 15 is 0 Å². The molecular formula is C18H15FO5. The van der Waals surface area contributed by atoms with Gasteiger partial charge in [0.05, 0.1) is 19.8 Å². The predicted molar refractivity (Wildman–Crippen MR) is 85.4 cm³/mol. The van der Waals surface area contributed by atoms with E-state index in [0.29, 0.717) is 11.3 Å². The average Bonchev–Trinajstić information content (AvgIpc) is 2.60. The van der Waals surface area contributed by atoms with Gasteiger partial charge < -0.3 is 14.2 Å². The molecule has 2 rings (SSSR count).